The Kier molecular flexibility index (Phi) is 6.06. The molecule has 2 heterocycles. The van der Waals surface area contributed by atoms with Gasteiger partial charge < -0.3 is 23.9 Å². The highest BCUT2D eigenvalue weighted by molar-refractivity contribution is 5.92. The van der Waals surface area contributed by atoms with Crippen molar-refractivity contribution in [3.63, 3.8) is 0 Å². The fourth-order valence-electron chi connectivity index (χ4n) is 4.02. The maximum atomic E-state index is 12.5. The van der Waals surface area contributed by atoms with Crippen LogP contribution in [0.4, 0.5) is 0 Å². The molecular weight excluding hydrogens is 422 g/mol. The summed E-state index contributed by atoms with van der Waals surface area (Å²) in [5, 5.41) is 3.56. The molecule has 0 unspecified atom stereocenters. The van der Waals surface area contributed by atoms with Crippen molar-refractivity contribution >= 4 is 16.9 Å². The number of carbonyl (C=O) groups is 1. The van der Waals surface area contributed by atoms with Gasteiger partial charge in [0.15, 0.2) is 6.61 Å². The average Bonchev–Trinajstić information content (AvgIpc) is 2.78. The van der Waals surface area contributed by atoms with Gasteiger partial charge in [0.2, 0.25) is 0 Å². The monoisotopic (exact) mass is 451 g/mol. The van der Waals surface area contributed by atoms with Crippen molar-refractivity contribution in [3.8, 4) is 17.2 Å². The molecule has 0 aliphatic carbocycles. The number of rotatable bonds is 6. The molecule has 4 rings (SSSR count). The first kappa shape index (κ1) is 22.7. The van der Waals surface area contributed by atoms with Gasteiger partial charge in [-0.05, 0) is 63.8 Å². The van der Waals surface area contributed by atoms with E-state index in [4.69, 9.17) is 18.6 Å². The van der Waals surface area contributed by atoms with Crippen LogP contribution >= 0.6 is 0 Å². The summed E-state index contributed by atoms with van der Waals surface area (Å²) < 4.78 is 23.0. The van der Waals surface area contributed by atoms with Crippen molar-refractivity contribution < 1.29 is 23.4 Å². The first-order valence-electron chi connectivity index (χ1n) is 11.0. The minimum absolute atomic E-state index is 0.182. The van der Waals surface area contributed by atoms with E-state index < -0.39 is 0 Å². The second kappa shape index (κ2) is 8.81. The molecule has 0 fully saturated rings. The normalized spacial score (nSPS) is 14.3. The van der Waals surface area contributed by atoms with Gasteiger partial charge in [-0.25, -0.2) is 4.79 Å². The lowest BCUT2D eigenvalue weighted by molar-refractivity contribution is -0.123. The molecule has 1 aliphatic heterocycles. The molecule has 0 saturated heterocycles. The van der Waals surface area contributed by atoms with E-state index in [9.17, 15) is 9.59 Å². The summed E-state index contributed by atoms with van der Waals surface area (Å²) in [5.41, 5.74) is 2.84. The zero-order chi connectivity index (χ0) is 23.8. The van der Waals surface area contributed by atoms with Crippen LogP contribution in [0.1, 0.15) is 42.5 Å². The third-order valence-electron chi connectivity index (χ3n) is 6.09. The Hall–Kier alpha value is -3.48. The van der Waals surface area contributed by atoms with Crippen molar-refractivity contribution in [3.05, 3.63) is 63.0 Å². The number of ether oxygens (including phenoxy) is 3. The van der Waals surface area contributed by atoms with Crippen LogP contribution in [0, 0.1) is 13.8 Å². The Labute approximate surface area is 192 Å². The maximum Gasteiger partial charge on any atom is 0.339 e. The van der Waals surface area contributed by atoms with Crippen molar-refractivity contribution in [1.29, 1.82) is 0 Å². The topological polar surface area (TPSA) is 87.0 Å². The summed E-state index contributed by atoms with van der Waals surface area (Å²) in [7, 11) is 1.60. The van der Waals surface area contributed by atoms with E-state index in [0.717, 1.165) is 35.3 Å². The predicted molar refractivity (Wildman–Crippen MR) is 125 cm³/mol. The lowest BCUT2D eigenvalue weighted by Gasteiger charge is -2.33. The first-order chi connectivity index (χ1) is 15.7. The molecule has 2 aromatic carbocycles. The standard InChI is InChI=1S/C26H29NO6/c1-15-16(2)25(29)32-24-19-9-10-26(3,4)33-20(19)12-21(23(15)24)31-14-22(28)27-13-17-7-6-8-18(11-17)30-5/h6-8,11-12H,9-10,13-14H2,1-5H3,(H,27,28). The van der Waals surface area contributed by atoms with Gasteiger partial charge in [0.1, 0.15) is 28.4 Å². The van der Waals surface area contributed by atoms with Crippen LogP contribution in [0.2, 0.25) is 0 Å². The highest BCUT2D eigenvalue weighted by Crippen LogP contribution is 2.43. The van der Waals surface area contributed by atoms with Crippen LogP contribution < -0.4 is 25.2 Å². The summed E-state index contributed by atoms with van der Waals surface area (Å²) in [5.74, 6) is 1.55. The van der Waals surface area contributed by atoms with Gasteiger partial charge in [0.05, 0.1) is 12.5 Å². The fraction of sp³-hybridized carbons (Fsp3) is 0.385. The molecular formula is C26H29NO6. The molecule has 0 bridgehead atoms. The van der Waals surface area contributed by atoms with Crippen molar-refractivity contribution in [2.24, 2.45) is 0 Å². The molecule has 0 radical (unpaired) electrons. The first-order valence-corrected chi connectivity index (χ1v) is 11.0. The number of carbonyl (C=O) groups excluding carboxylic acids is 1. The molecule has 1 aromatic heterocycles. The number of fused-ring (bicyclic) bond motifs is 3. The summed E-state index contributed by atoms with van der Waals surface area (Å²) in [6, 6.07) is 9.30. The van der Waals surface area contributed by atoms with E-state index in [0.29, 0.717) is 34.6 Å². The van der Waals surface area contributed by atoms with Crippen molar-refractivity contribution in [1.82, 2.24) is 5.32 Å². The van der Waals surface area contributed by atoms with Crippen LogP contribution in [0.15, 0.2) is 39.5 Å². The molecule has 33 heavy (non-hydrogen) atoms. The van der Waals surface area contributed by atoms with E-state index in [1.165, 1.54) is 0 Å². The number of benzene rings is 2. The molecule has 0 saturated carbocycles. The molecule has 3 aromatic rings. The SMILES string of the molecule is COc1cccc(CNC(=O)COc2cc3c(c4oc(=O)c(C)c(C)c24)CCC(C)(C)O3)c1. The predicted octanol–water partition coefficient (Wildman–Crippen LogP) is 4.22. The zero-order valence-corrected chi connectivity index (χ0v) is 19.7. The Morgan fingerprint density at radius 1 is 1.18 bits per heavy atom. The maximum absolute atomic E-state index is 12.5. The van der Waals surface area contributed by atoms with Crippen molar-refractivity contribution in [2.45, 2.75) is 52.7 Å². The number of hydrogen-bond donors (Lipinski definition) is 1. The van der Waals surface area contributed by atoms with Gasteiger partial charge in [-0.1, -0.05) is 12.1 Å². The summed E-state index contributed by atoms with van der Waals surface area (Å²) >= 11 is 0. The smallest absolute Gasteiger partial charge is 0.339 e. The summed E-state index contributed by atoms with van der Waals surface area (Å²) in [6.45, 7) is 7.80. The fourth-order valence-corrected chi connectivity index (χ4v) is 4.02. The van der Waals surface area contributed by atoms with E-state index in [2.05, 4.69) is 5.32 Å². The zero-order valence-electron chi connectivity index (χ0n) is 19.7. The third kappa shape index (κ3) is 4.67. The second-order valence-corrected chi connectivity index (χ2v) is 8.97. The molecule has 1 N–H and O–H groups in total. The largest absolute Gasteiger partial charge is 0.497 e. The second-order valence-electron chi connectivity index (χ2n) is 8.97. The number of hydrogen-bond acceptors (Lipinski definition) is 6. The van der Waals surface area contributed by atoms with Crippen molar-refractivity contribution in [2.75, 3.05) is 13.7 Å². The Morgan fingerprint density at radius 3 is 2.73 bits per heavy atom. The highest BCUT2D eigenvalue weighted by Gasteiger charge is 2.31. The molecule has 0 spiro atoms. The Balaban J connectivity index is 1.59. The molecule has 7 nitrogen and oxygen atoms in total. The van der Waals surface area contributed by atoms with Crippen LogP contribution in [-0.4, -0.2) is 25.2 Å². The highest BCUT2D eigenvalue weighted by atomic mass is 16.5. The molecule has 1 amide bonds. The van der Waals surface area contributed by atoms with Crippen LogP contribution in [0.5, 0.6) is 17.2 Å². The van der Waals surface area contributed by atoms with Crippen LogP contribution in [0.3, 0.4) is 0 Å². The Bertz CT molecular complexity index is 1270. The van der Waals surface area contributed by atoms with E-state index in [-0.39, 0.29) is 23.7 Å². The minimum Gasteiger partial charge on any atom is -0.497 e. The van der Waals surface area contributed by atoms with E-state index >= 15 is 0 Å². The van der Waals surface area contributed by atoms with Gasteiger partial charge >= 0.3 is 5.63 Å². The number of methoxy groups -OCH3 is 1. The van der Waals surface area contributed by atoms with Gasteiger partial charge in [-0.3, -0.25) is 4.79 Å². The summed E-state index contributed by atoms with van der Waals surface area (Å²) in [4.78, 5) is 24.9. The molecule has 7 heteroatoms. The third-order valence-corrected chi connectivity index (χ3v) is 6.09. The minimum atomic E-state index is -0.375. The van der Waals surface area contributed by atoms with Gasteiger partial charge in [0, 0.05) is 23.7 Å². The van der Waals surface area contributed by atoms with Gasteiger partial charge in [-0.2, -0.15) is 0 Å². The Morgan fingerprint density at radius 2 is 1.97 bits per heavy atom. The molecule has 0 atom stereocenters. The number of nitrogens with one attached hydrogen (secondary N) is 1. The van der Waals surface area contributed by atoms with E-state index in [1.54, 1.807) is 20.1 Å². The van der Waals surface area contributed by atoms with Gasteiger partial charge in [0.25, 0.3) is 5.91 Å². The van der Waals surface area contributed by atoms with E-state index in [1.807, 2.05) is 45.0 Å². The van der Waals surface area contributed by atoms with Crippen LogP contribution in [-0.2, 0) is 17.8 Å². The molecule has 1 aliphatic rings. The van der Waals surface area contributed by atoms with Gasteiger partial charge in [-0.15, -0.1) is 0 Å². The lowest BCUT2D eigenvalue weighted by atomic mass is 9.92. The quantitative estimate of drug-likeness (QED) is 0.565. The number of aryl methyl sites for hydroxylation is 2. The summed E-state index contributed by atoms with van der Waals surface area (Å²) in [6.07, 6.45) is 1.53. The lowest BCUT2D eigenvalue weighted by Crippen LogP contribution is -2.33. The van der Waals surface area contributed by atoms with Crippen LogP contribution in [0.25, 0.3) is 11.0 Å². The average molecular weight is 452 g/mol. The molecule has 174 valence electrons. The number of amides is 1.